The average molecular weight is 195 g/mol. The Morgan fingerprint density at radius 1 is 1.69 bits per heavy atom. The molecule has 0 aliphatic heterocycles. The smallest absolute Gasteiger partial charge is 0.259 e. The molecule has 1 atom stereocenters. The highest BCUT2D eigenvalue weighted by Gasteiger charge is 2.06. The van der Waals surface area contributed by atoms with Gasteiger partial charge in [-0.1, -0.05) is 0 Å². The zero-order chi connectivity index (χ0) is 9.42. The predicted molar refractivity (Wildman–Crippen MR) is 52.8 cm³/mol. The first kappa shape index (κ1) is 8.40. The van der Waals surface area contributed by atoms with Gasteiger partial charge in [-0.05, 0) is 18.4 Å². The molecule has 0 saturated heterocycles. The summed E-state index contributed by atoms with van der Waals surface area (Å²) in [5.74, 6) is 0.542. The SMILES string of the molecule is CC(N)c1nc2sccc2c(=O)[nH]1. The summed E-state index contributed by atoms with van der Waals surface area (Å²) in [6, 6.07) is 1.52. The van der Waals surface area contributed by atoms with E-state index in [4.69, 9.17) is 5.73 Å². The van der Waals surface area contributed by atoms with Gasteiger partial charge in [-0.2, -0.15) is 0 Å². The number of fused-ring (bicyclic) bond motifs is 1. The Morgan fingerprint density at radius 3 is 3.15 bits per heavy atom. The lowest BCUT2D eigenvalue weighted by Gasteiger charge is -2.02. The van der Waals surface area contributed by atoms with E-state index in [-0.39, 0.29) is 11.6 Å². The van der Waals surface area contributed by atoms with Crippen molar-refractivity contribution in [1.82, 2.24) is 9.97 Å². The number of H-pyrrole nitrogens is 1. The van der Waals surface area contributed by atoms with Crippen LogP contribution < -0.4 is 11.3 Å². The van der Waals surface area contributed by atoms with Crippen molar-refractivity contribution in [1.29, 1.82) is 0 Å². The maximum absolute atomic E-state index is 11.4. The van der Waals surface area contributed by atoms with Gasteiger partial charge >= 0.3 is 0 Å². The predicted octanol–water partition coefficient (Wildman–Crippen LogP) is 1.00. The average Bonchev–Trinajstić information content (AvgIpc) is 2.51. The van der Waals surface area contributed by atoms with Crippen molar-refractivity contribution in [2.45, 2.75) is 13.0 Å². The van der Waals surface area contributed by atoms with Crippen molar-refractivity contribution >= 4 is 21.6 Å². The number of hydrogen-bond donors (Lipinski definition) is 2. The van der Waals surface area contributed by atoms with E-state index in [0.29, 0.717) is 11.2 Å². The fourth-order valence-corrected chi connectivity index (χ4v) is 1.87. The van der Waals surface area contributed by atoms with Crippen LogP contribution in [0.15, 0.2) is 16.2 Å². The minimum atomic E-state index is -0.237. The first-order valence-electron chi connectivity index (χ1n) is 3.91. The summed E-state index contributed by atoms with van der Waals surface area (Å²) in [6.45, 7) is 1.79. The monoisotopic (exact) mass is 195 g/mol. The first-order chi connectivity index (χ1) is 6.18. The van der Waals surface area contributed by atoms with Crippen molar-refractivity contribution in [2.75, 3.05) is 0 Å². The third-order valence-electron chi connectivity index (χ3n) is 1.78. The third kappa shape index (κ3) is 1.36. The van der Waals surface area contributed by atoms with Gasteiger partial charge in [0, 0.05) is 0 Å². The molecule has 3 N–H and O–H groups in total. The van der Waals surface area contributed by atoms with E-state index < -0.39 is 0 Å². The lowest BCUT2D eigenvalue weighted by Crippen LogP contribution is -2.16. The van der Waals surface area contributed by atoms with E-state index in [9.17, 15) is 4.79 Å². The highest BCUT2D eigenvalue weighted by atomic mass is 32.1. The van der Waals surface area contributed by atoms with Gasteiger partial charge in [0.1, 0.15) is 10.7 Å². The van der Waals surface area contributed by atoms with Gasteiger partial charge in [-0.3, -0.25) is 4.79 Å². The Labute approximate surface area is 78.4 Å². The van der Waals surface area contributed by atoms with Gasteiger partial charge in [0.05, 0.1) is 11.4 Å². The van der Waals surface area contributed by atoms with Gasteiger partial charge < -0.3 is 10.7 Å². The van der Waals surface area contributed by atoms with E-state index in [1.807, 2.05) is 5.38 Å². The maximum atomic E-state index is 11.4. The number of rotatable bonds is 1. The summed E-state index contributed by atoms with van der Waals surface area (Å²) in [4.78, 5) is 19.1. The van der Waals surface area contributed by atoms with Gasteiger partial charge in [0.25, 0.3) is 5.56 Å². The molecule has 2 rings (SSSR count). The number of nitrogens with two attached hydrogens (primary N) is 1. The summed E-state index contributed by atoms with van der Waals surface area (Å²) in [5, 5.41) is 2.48. The van der Waals surface area contributed by atoms with Crippen LogP contribution in [0.2, 0.25) is 0 Å². The van der Waals surface area contributed by atoms with E-state index in [1.165, 1.54) is 11.3 Å². The van der Waals surface area contributed by atoms with Crippen molar-refractivity contribution in [2.24, 2.45) is 5.73 Å². The second-order valence-corrected chi connectivity index (χ2v) is 3.77. The summed E-state index contributed by atoms with van der Waals surface area (Å²) in [7, 11) is 0. The van der Waals surface area contributed by atoms with Crippen LogP contribution in [0.4, 0.5) is 0 Å². The molecule has 0 bridgehead atoms. The third-order valence-corrected chi connectivity index (χ3v) is 2.59. The Morgan fingerprint density at radius 2 is 2.46 bits per heavy atom. The Hall–Kier alpha value is -1.20. The molecular formula is C8H9N3OS. The summed E-state index contributed by atoms with van der Waals surface area (Å²) in [5.41, 5.74) is 5.50. The molecule has 13 heavy (non-hydrogen) atoms. The van der Waals surface area contributed by atoms with Crippen LogP contribution >= 0.6 is 11.3 Å². The zero-order valence-corrected chi connectivity index (χ0v) is 7.89. The highest BCUT2D eigenvalue weighted by Crippen LogP contribution is 2.15. The van der Waals surface area contributed by atoms with Crippen LogP contribution in [0.5, 0.6) is 0 Å². The van der Waals surface area contributed by atoms with Gasteiger partial charge in [0.15, 0.2) is 0 Å². The standard InChI is InChI=1S/C8H9N3OS/c1-4(9)6-10-7(12)5-2-3-13-8(5)11-6/h2-4H,9H2,1H3,(H,10,11,12). The van der Waals surface area contributed by atoms with Gasteiger partial charge in [-0.15, -0.1) is 11.3 Å². The Balaban J connectivity index is 2.77. The van der Waals surface area contributed by atoms with Crippen LogP contribution in [-0.4, -0.2) is 9.97 Å². The molecule has 0 aliphatic carbocycles. The fourth-order valence-electron chi connectivity index (χ4n) is 1.10. The van der Waals surface area contributed by atoms with Crippen molar-refractivity contribution in [3.8, 4) is 0 Å². The molecule has 2 aromatic rings. The summed E-state index contributed by atoms with van der Waals surface area (Å²) < 4.78 is 0. The van der Waals surface area contributed by atoms with Gasteiger partial charge in [0.2, 0.25) is 0 Å². The molecule has 4 nitrogen and oxygen atoms in total. The quantitative estimate of drug-likeness (QED) is 0.713. The highest BCUT2D eigenvalue weighted by molar-refractivity contribution is 7.16. The molecule has 2 heterocycles. The van der Waals surface area contributed by atoms with Crippen LogP contribution in [0.1, 0.15) is 18.8 Å². The molecular weight excluding hydrogens is 186 g/mol. The summed E-state index contributed by atoms with van der Waals surface area (Å²) >= 11 is 1.45. The molecule has 0 amide bonds. The van der Waals surface area contributed by atoms with E-state index in [2.05, 4.69) is 9.97 Å². The maximum Gasteiger partial charge on any atom is 0.259 e. The van der Waals surface area contributed by atoms with E-state index in [1.54, 1.807) is 13.0 Å². The van der Waals surface area contributed by atoms with Crippen molar-refractivity contribution < 1.29 is 0 Å². The molecule has 68 valence electrons. The number of thiophene rings is 1. The lowest BCUT2D eigenvalue weighted by molar-refractivity contribution is 0.742. The van der Waals surface area contributed by atoms with Crippen molar-refractivity contribution in [3.63, 3.8) is 0 Å². The molecule has 0 spiro atoms. The molecule has 2 aromatic heterocycles. The van der Waals surface area contributed by atoms with Crippen LogP contribution in [0.25, 0.3) is 10.2 Å². The fraction of sp³-hybridized carbons (Fsp3) is 0.250. The summed E-state index contributed by atoms with van der Waals surface area (Å²) in [6.07, 6.45) is 0. The van der Waals surface area contributed by atoms with Crippen LogP contribution in [-0.2, 0) is 0 Å². The Kier molecular flexibility index (Phi) is 1.90. The Bertz CT molecular complexity index is 485. The second-order valence-electron chi connectivity index (χ2n) is 2.88. The number of nitrogens with one attached hydrogen (secondary N) is 1. The molecule has 0 fully saturated rings. The molecule has 5 heteroatoms. The normalized spacial score (nSPS) is 13.4. The number of aromatic nitrogens is 2. The first-order valence-corrected chi connectivity index (χ1v) is 4.79. The molecule has 0 radical (unpaired) electrons. The molecule has 0 aromatic carbocycles. The van der Waals surface area contributed by atoms with Gasteiger partial charge in [-0.25, -0.2) is 4.98 Å². The largest absolute Gasteiger partial charge is 0.322 e. The van der Waals surface area contributed by atoms with E-state index >= 15 is 0 Å². The number of nitrogens with zero attached hydrogens (tertiary/aromatic N) is 1. The van der Waals surface area contributed by atoms with Crippen LogP contribution in [0, 0.1) is 0 Å². The molecule has 0 aliphatic rings. The van der Waals surface area contributed by atoms with Crippen molar-refractivity contribution in [3.05, 3.63) is 27.6 Å². The molecule has 0 saturated carbocycles. The van der Waals surface area contributed by atoms with E-state index in [0.717, 1.165) is 4.83 Å². The second kappa shape index (κ2) is 2.93. The number of hydrogen-bond acceptors (Lipinski definition) is 4. The topological polar surface area (TPSA) is 71.8 Å². The van der Waals surface area contributed by atoms with Crippen LogP contribution in [0.3, 0.4) is 0 Å². The lowest BCUT2D eigenvalue weighted by atomic mass is 10.3. The minimum absolute atomic E-state index is 0.112. The number of aromatic amines is 1. The minimum Gasteiger partial charge on any atom is -0.322 e. The zero-order valence-electron chi connectivity index (χ0n) is 7.07. The molecule has 1 unspecified atom stereocenters.